The Kier molecular flexibility index (Phi) is 3.73. The van der Waals surface area contributed by atoms with Crippen molar-refractivity contribution in [3.05, 3.63) is 52.6 Å². The summed E-state index contributed by atoms with van der Waals surface area (Å²) in [6, 6.07) is 5.66. The predicted molar refractivity (Wildman–Crippen MR) is 61.2 cm³/mol. The third kappa shape index (κ3) is 2.89. The molecule has 0 spiro atoms. The fourth-order valence-electron chi connectivity index (χ4n) is 1.06. The lowest BCUT2D eigenvalue weighted by molar-refractivity contribution is -0.384. The Hall–Kier alpha value is -2.21. The second-order valence-electron chi connectivity index (χ2n) is 3.08. The summed E-state index contributed by atoms with van der Waals surface area (Å²) in [5.41, 5.74) is 6.03. The van der Waals surface area contributed by atoms with Gasteiger partial charge in [-0.25, -0.2) is 0 Å². The van der Waals surface area contributed by atoms with Crippen molar-refractivity contribution in [2.45, 2.75) is 6.17 Å². The van der Waals surface area contributed by atoms with Crippen LogP contribution in [0.15, 0.2) is 36.9 Å². The molecule has 0 aromatic heterocycles. The molecule has 6 heteroatoms. The number of non-ortho nitro benzene ring substituents is 1. The molecular formula is C10H12N4O2. The summed E-state index contributed by atoms with van der Waals surface area (Å²) in [7, 11) is 0. The standard InChI is InChI=1S/C10H12N4O2/c1-2-9(11)13-10(12)7-3-5-8(6-4-7)14(15)16/h2-6,9H,1,11H2,(H2,12,13). The predicted octanol–water partition coefficient (Wildman–Crippen LogP) is 0.981. The van der Waals surface area contributed by atoms with E-state index in [2.05, 4.69) is 11.9 Å². The fraction of sp³-hybridized carbons (Fsp3) is 0.100. The summed E-state index contributed by atoms with van der Waals surface area (Å²) < 4.78 is 0. The Balaban J connectivity index is 2.77. The van der Waals surface area contributed by atoms with E-state index in [-0.39, 0.29) is 11.5 Å². The van der Waals surface area contributed by atoms with E-state index < -0.39 is 11.1 Å². The van der Waals surface area contributed by atoms with E-state index in [1.54, 1.807) is 0 Å². The maximum atomic E-state index is 10.4. The molecule has 0 aliphatic heterocycles. The molecule has 4 N–H and O–H groups in total. The van der Waals surface area contributed by atoms with Crippen LogP contribution < -0.4 is 11.1 Å². The second kappa shape index (κ2) is 5.04. The molecule has 0 bridgehead atoms. The number of benzene rings is 1. The van der Waals surface area contributed by atoms with Crippen molar-refractivity contribution in [1.29, 1.82) is 5.41 Å². The molecule has 1 aromatic rings. The minimum Gasteiger partial charge on any atom is -0.352 e. The number of amidine groups is 1. The number of rotatable bonds is 4. The third-order valence-electron chi connectivity index (χ3n) is 1.93. The van der Waals surface area contributed by atoms with Crippen LogP contribution in [0, 0.1) is 15.5 Å². The quantitative estimate of drug-likeness (QED) is 0.176. The molecule has 1 rings (SSSR count). The average molecular weight is 220 g/mol. The number of hydrogen-bond donors (Lipinski definition) is 3. The van der Waals surface area contributed by atoms with Crippen LogP contribution in [0.1, 0.15) is 5.56 Å². The van der Waals surface area contributed by atoms with Crippen LogP contribution in [-0.2, 0) is 0 Å². The largest absolute Gasteiger partial charge is 0.352 e. The molecule has 0 heterocycles. The molecule has 0 aliphatic carbocycles. The normalized spacial score (nSPS) is 11.6. The van der Waals surface area contributed by atoms with Gasteiger partial charge in [0, 0.05) is 17.7 Å². The monoisotopic (exact) mass is 220 g/mol. The van der Waals surface area contributed by atoms with Gasteiger partial charge in [0.25, 0.3) is 5.69 Å². The van der Waals surface area contributed by atoms with Gasteiger partial charge in [-0.05, 0) is 12.1 Å². The zero-order valence-electron chi connectivity index (χ0n) is 8.51. The minimum atomic E-state index is -0.511. The van der Waals surface area contributed by atoms with E-state index in [9.17, 15) is 10.1 Å². The first kappa shape index (κ1) is 11.9. The van der Waals surface area contributed by atoms with E-state index in [0.29, 0.717) is 5.56 Å². The van der Waals surface area contributed by atoms with Gasteiger partial charge in [-0.2, -0.15) is 0 Å². The zero-order valence-corrected chi connectivity index (χ0v) is 8.51. The minimum absolute atomic E-state index is 0.00966. The molecule has 0 aliphatic rings. The molecule has 0 saturated carbocycles. The first-order valence-corrected chi connectivity index (χ1v) is 4.52. The van der Waals surface area contributed by atoms with Crippen molar-refractivity contribution in [1.82, 2.24) is 5.32 Å². The summed E-state index contributed by atoms with van der Waals surface area (Å²) in [6.07, 6.45) is 0.947. The van der Waals surface area contributed by atoms with Gasteiger partial charge >= 0.3 is 0 Å². The van der Waals surface area contributed by atoms with E-state index in [0.717, 1.165) is 0 Å². The van der Waals surface area contributed by atoms with Crippen LogP contribution in [0.4, 0.5) is 5.69 Å². The van der Waals surface area contributed by atoms with Gasteiger partial charge in [-0.1, -0.05) is 12.7 Å². The molecular weight excluding hydrogens is 208 g/mol. The topological polar surface area (TPSA) is 105 Å². The van der Waals surface area contributed by atoms with Crippen molar-refractivity contribution >= 4 is 11.5 Å². The van der Waals surface area contributed by atoms with Crippen LogP contribution in [0.25, 0.3) is 0 Å². The van der Waals surface area contributed by atoms with Gasteiger partial charge in [0.2, 0.25) is 0 Å². The Morgan fingerprint density at radius 2 is 2.12 bits per heavy atom. The van der Waals surface area contributed by atoms with Crippen LogP contribution in [0.5, 0.6) is 0 Å². The number of nitrogens with two attached hydrogens (primary N) is 1. The second-order valence-corrected chi connectivity index (χ2v) is 3.08. The van der Waals surface area contributed by atoms with Crippen LogP contribution in [0.2, 0.25) is 0 Å². The molecule has 6 nitrogen and oxygen atoms in total. The lowest BCUT2D eigenvalue weighted by atomic mass is 10.2. The summed E-state index contributed by atoms with van der Waals surface area (Å²) in [4.78, 5) is 9.92. The molecule has 1 unspecified atom stereocenters. The van der Waals surface area contributed by atoms with E-state index in [1.807, 2.05) is 0 Å². The molecule has 84 valence electrons. The first-order chi connectivity index (χ1) is 7.54. The van der Waals surface area contributed by atoms with Crippen LogP contribution >= 0.6 is 0 Å². The van der Waals surface area contributed by atoms with Crippen molar-refractivity contribution in [3.8, 4) is 0 Å². The highest BCUT2D eigenvalue weighted by molar-refractivity contribution is 5.96. The number of hydrogen-bond acceptors (Lipinski definition) is 4. The lowest BCUT2D eigenvalue weighted by Gasteiger charge is -2.11. The Bertz CT molecular complexity index is 413. The van der Waals surface area contributed by atoms with Gasteiger partial charge in [-0.3, -0.25) is 15.5 Å². The summed E-state index contributed by atoms with van der Waals surface area (Å²) >= 11 is 0. The van der Waals surface area contributed by atoms with Crippen molar-refractivity contribution in [2.75, 3.05) is 0 Å². The van der Waals surface area contributed by atoms with Crippen molar-refractivity contribution in [2.24, 2.45) is 5.73 Å². The van der Waals surface area contributed by atoms with Crippen LogP contribution in [0.3, 0.4) is 0 Å². The molecule has 1 aromatic carbocycles. The smallest absolute Gasteiger partial charge is 0.269 e. The Morgan fingerprint density at radius 1 is 1.56 bits per heavy atom. The zero-order chi connectivity index (χ0) is 12.1. The fourth-order valence-corrected chi connectivity index (χ4v) is 1.06. The molecule has 16 heavy (non-hydrogen) atoms. The highest BCUT2D eigenvalue weighted by Crippen LogP contribution is 2.11. The Labute approximate surface area is 92.4 Å². The van der Waals surface area contributed by atoms with E-state index in [1.165, 1.54) is 30.3 Å². The Morgan fingerprint density at radius 3 is 2.56 bits per heavy atom. The highest BCUT2D eigenvalue weighted by Gasteiger charge is 2.07. The molecule has 0 amide bonds. The SMILES string of the molecule is C=CC(N)NC(=N)c1ccc([N+](=O)[O-])cc1. The molecule has 1 atom stereocenters. The number of nitrogens with one attached hydrogen (secondary N) is 2. The first-order valence-electron chi connectivity index (χ1n) is 4.52. The van der Waals surface area contributed by atoms with Crippen LogP contribution in [-0.4, -0.2) is 16.9 Å². The van der Waals surface area contributed by atoms with Gasteiger partial charge < -0.3 is 11.1 Å². The van der Waals surface area contributed by atoms with Crippen molar-refractivity contribution < 1.29 is 4.92 Å². The van der Waals surface area contributed by atoms with E-state index in [4.69, 9.17) is 11.1 Å². The third-order valence-corrected chi connectivity index (χ3v) is 1.93. The van der Waals surface area contributed by atoms with Gasteiger partial charge in [0.05, 0.1) is 11.1 Å². The van der Waals surface area contributed by atoms with Crippen molar-refractivity contribution in [3.63, 3.8) is 0 Å². The molecule has 0 fully saturated rings. The maximum absolute atomic E-state index is 10.4. The average Bonchev–Trinajstić information content (AvgIpc) is 2.28. The summed E-state index contributed by atoms with van der Waals surface area (Å²) in [6.45, 7) is 3.47. The lowest BCUT2D eigenvalue weighted by Crippen LogP contribution is -2.39. The highest BCUT2D eigenvalue weighted by atomic mass is 16.6. The van der Waals surface area contributed by atoms with Gasteiger partial charge in [0.15, 0.2) is 0 Å². The van der Waals surface area contributed by atoms with E-state index >= 15 is 0 Å². The number of nitrogens with zero attached hydrogens (tertiary/aromatic N) is 1. The number of nitro benzene ring substituents is 1. The van der Waals surface area contributed by atoms with Gasteiger partial charge in [0.1, 0.15) is 5.84 Å². The molecule has 0 saturated heterocycles. The summed E-state index contributed by atoms with van der Waals surface area (Å²) in [5.74, 6) is 0.0993. The number of nitro groups is 1. The summed E-state index contributed by atoms with van der Waals surface area (Å²) in [5, 5.41) is 20.7. The molecule has 0 radical (unpaired) electrons. The maximum Gasteiger partial charge on any atom is 0.269 e. The van der Waals surface area contributed by atoms with Gasteiger partial charge in [-0.15, -0.1) is 0 Å².